The van der Waals surface area contributed by atoms with Crippen molar-refractivity contribution in [1.29, 1.82) is 0 Å². The zero-order chi connectivity index (χ0) is 60.2. The molecule has 0 fully saturated rings. The zero-order valence-electron chi connectivity index (χ0n) is 45.6. The number of aliphatic imine (C=N–C) groups is 3. The smallest absolute Gasteiger partial charge is 0.305 e. The van der Waals surface area contributed by atoms with Crippen molar-refractivity contribution in [2.75, 3.05) is 46.4 Å². The highest BCUT2D eigenvalue weighted by Crippen LogP contribution is 2.22. The molecule has 0 rings (SSSR count). The number of carboxylic acid groups (broad SMARTS) is 2. The summed E-state index contributed by atoms with van der Waals surface area (Å²) >= 11 is 0. The molecule has 0 aliphatic carbocycles. The van der Waals surface area contributed by atoms with Crippen molar-refractivity contribution in [2.45, 2.75) is 153 Å². The van der Waals surface area contributed by atoms with Gasteiger partial charge < -0.3 is 87.1 Å². The van der Waals surface area contributed by atoms with Gasteiger partial charge in [0.1, 0.15) is 6.04 Å². The Morgan fingerprint density at radius 3 is 1.20 bits per heavy atom. The third-order valence-corrected chi connectivity index (χ3v) is 12.7. The van der Waals surface area contributed by atoms with Gasteiger partial charge in [0.2, 0.25) is 23.6 Å². The predicted molar refractivity (Wildman–Crippen MR) is 290 cm³/mol. The quantitative estimate of drug-likeness (QED) is 0.0155. The molecule has 0 bridgehead atoms. The first-order valence-corrected chi connectivity index (χ1v) is 26.3. The molecule has 79 heavy (non-hydrogen) atoms. The Morgan fingerprint density at radius 2 is 0.823 bits per heavy atom. The number of rotatable bonds is 46. The number of nitrogens with two attached hydrogens (primary N) is 7. The zero-order valence-corrected chi connectivity index (χ0v) is 45.6. The van der Waals surface area contributed by atoms with Crippen molar-refractivity contribution >= 4 is 82.4 Å². The molecule has 0 spiro atoms. The molecule has 9 atom stereocenters. The highest BCUT2D eigenvalue weighted by atomic mass is 16.4. The second-order valence-electron chi connectivity index (χ2n) is 19.1. The molecule has 0 aliphatic heterocycles. The molecule has 448 valence electrons. The monoisotopic (exact) mass is 1130 g/mol. The summed E-state index contributed by atoms with van der Waals surface area (Å²) in [5.41, 5.74) is 38.6. The van der Waals surface area contributed by atoms with Crippen molar-refractivity contribution in [1.82, 2.24) is 26.6 Å². The number of hydrogen-bond donors (Lipinski definition) is 16. The molecule has 0 aliphatic rings. The van der Waals surface area contributed by atoms with Crippen LogP contribution < -0.4 is 66.7 Å². The molecular formula is C49H87N15O15. The second-order valence-corrected chi connectivity index (χ2v) is 19.1. The summed E-state index contributed by atoms with van der Waals surface area (Å²) in [4.78, 5) is 158. The van der Waals surface area contributed by atoms with Gasteiger partial charge >= 0.3 is 11.9 Å². The van der Waals surface area contributed by atoms with Crippen LogP contribution in [0, 0.1) is 23.7 Å². The number of aliphatic carboxylic acids is 2. The van der Waals surface area contributed by atoms with E-state index in [0.29, 0.717) is 12.8 Å². The predicted octanol–water partition coefficient (Wildman–Crippen LogP) is -4.57. The summed E-state index contributed by atoms with van der Waals surface area (Å²) in [6.07, 6.45) is -2.82. The average molecular weight is 1130 g/mol. The highest BCUT2D eigenvalue weighted by molar-refractivity contribution is 5.98. The Kier molecular flexibility index (Phi) is 36.4. The molecular weight excluding hydrogens is 1040 g/mol. The van der Waals surface area contributed by atoms with Crippen LogP contribution in [0.2, 0.25) is 0 Å². The topological polar surface area (TPSA) is 548 Å². The van der Waals surface area contributed by atoms with Crippen LogP contribution in [0.5, 0.6) is 0 Å². The van der Waals surface area contributed by atoms with Crippen LogP contribution in [0.4, 0.5) is 0 Å². The number of carbonyl (C=O) groups is 11. The van der Waals surface area contributed by atoms with E-state index in [-0.39, 0.29) is 102 Å². The minimum Gasteiger partial charge on any atom is -0.481 e. The Hall–Kier alpha value is -7.18. The summed E-state index contributed by atoms with van der Waals surface area (Å²) in [5, 5.41) is 51.5. The summed E-state index contributed by atoms with van der Waals surface area (Å²) in [6, 6.07) is -6.81. The van der Waals surface area contributed by atoms with Crippen LogP contribution >= 0.6 is 0 Å². The third-order valence-electron chi connectivity index (χ3n) is 12.7. The van der Waals surface area contributed by atoms with Crippen molar-refractivity contribution in [3.8, 4) is 0 Å². The number of amides is 4. The van der Waals surface area contributed by atoms with E-state index in [2.05, 4.69) is 41.6 Å². The van der Waals surface area contributed by atoms with Gasteiger partial charge in [0.15, 0.2) is 46.8 Å². The first-order chi connectivity index (χ1) is 37.2. The van der Waals surface area contributed by atoms with Crippen molar-refractivity contribution in [3.05, 3.63) is 0 Å². The number of aliphatic hydroxyl groups is 2. The van der Waals surface area contributed by atoms with E-state index in [1.54, 1.807) is 0 Å². The van der Waals surface area contributed by atoms with Crippen LogP contribution in [0.3, 0.4) is 0 Å². The fourth-order valence-electron chi connectivity index (χ4n) is 8.13. The Balaban J connectivity index is 6.97. The second kappa shape index (κ2) is 40.1. The molecule has 0 radical (unpaired) electrons. The van der Waals surface area contributed by atoms with Crippen LogP contribution in [0.25, 0.3) is 0 Å². The number of nitrogens with one attached hydrogen (secondary N) is 5. The summed E-state index contributed by atoms with van der Waals surface area (Å²) in [7, 11) is 1.44. The molecule has 0 saturated heterocycles. The minimum atomic E-state index is -1.60. The number of carbonyl (C=O) groups excluding carboxylic acids is 9. The highest BCUT2D eigenvalue weighted by Gasteiger charge is 2.35. The van der Waals surface area contributed by atoms with Gasteiger partial charge in [0.25, 0.3) is 0 Å². The molecule has 0 aromatic heterocycles. The normalized spacial score (nSPS) is 14.4. The Morgan fingerprint density at radius 1 is 0.443 bits per heavy atom. The van der Waals surface area contributed by atoms with Crippen LogP contribution in [-0.4, -0.2) is 179 Å². The fourth-order valence-corrected chi connectivity index (χ4v) is 8.13. The maximum Gasteiger partial charge on any atom is 0.305 e. The lowest BCUT2D eigenvalue weighted by Crippen LogP contribution is -2.49. The standard InChI is InChI=1S/C49H87N15O15/c1-4-36(67)33(24-42(74)75)63-43(76)27(2)20-37(68)35(26-66)64-46(79)29(11-7-17-58-47(51)52)22-38(69)31(13-9-19-60-49(55)56)61-44(77)28(10-5-6-16-50)21-39(70)32(14-15-41(72)73)62-45(78)30(12-8-18-59-48(53)54)23-40(71)34(25-65)57-3/h27-35,57,65-66H,4-26,50H2,1-3H3,(H,61,77)(H,62,78)(H,63,76)(H,64,79)(H,72,73)(H,74,75)(H4,51,52,58)(H4,53,54,59)(H4,55,56,60)/t27-,28+,29+,30+,31-,32-,33-,34-,35-/m0/s1. The SMILES string of the molecule is CCC(=O)[C@H](CC(=O)O)NC(=O)[C@@H](C)CC(=O)[C@H](CO)NC(=O)[C@H](CCCN=C(N)N)CC(=O)[C@H](CCCN=C(N)N)NC(=O)[C@H](CCCCN)CC(=O)[C@H](CCC(=O)O)NC(=O)[C@H](CCCN=C(N)N)CC(=O)[C@H](CO)NC. The number of nitrogens with zero attached hydrogens (tertiary/aromatic N) is 3. The number of unbranched alkanes of at least 4 members (excludes halogenated alkanes) is 1. The van der Waals surface area contributed by atoms with Gasteiger partial charge in [-0.3, -0.25) is 67.7 Å². The van der Waals surface area contributed by atoms with Crippen molar-refractivity contribution < 1.29 is 73.2 Å². The molecule has 23 N–H and O–H groups in total. The molecule has 0 aromatic rings. The number of ketones is 5. The van der Waals surface area contributed by atoms with Crippen molar-refractivity contribution in [2.24, 2.45) is 78.8 Å². The minimum absolute atomic E-state index is 0.00250. The number of guanidine groups is 3. The van der Waals surface area contributed by atoms with E-state index in [0.717, 1.165) is 0 Å². The molecule has 0 heterocycles. The molecule has 30 heteroatoms. The van der Waals surface area contributed by atoms with E-state index in [1.165, 1.54) is 20.9 Å². The van der Waals surface area contributed by atoms with E-state index in [9.17, 15) is 73.2 Å². The Bertz CT molecular complexity index is 2110. The van der Waals surface area contributed by atoms with Crippen LogP contribution in [0.15, 0.2) is 15.0 Å². The maximum absolute atomic E-state index is 14.4. The van der Waals surface area contributed by atoms with Gasteiger partial charge in [-0.25, -0.2) is 0 Å². The van der Waals surface area contributed by atoms with Crippen LogP contribution in [-0.2, 0) is 52.7 Å². The fraction of sp³-hybridized carbons (Fsp3) is 0.714. The summed E-state index contributed by atoms with van der Waals surface area (Å²) in [5.74, 6) is -14.7. The summed E-state index contributed by atoms with van der Waals surface area (Å²) < 4.78 is 0. The lowest BCUT2D eigenvalue weighted by atomic mass is 9.88. The van der Waals surface area contributed by atoms with Gasteiger partial charge in [0.05, 0.1) is 43.8 Å². The number of hydrogen-bond acceptors (Lipinski definition) is 18. The number of carboxylic acids is 2. The van der Waals surface area contributed by atoms with Crippen LogP contribution in [0.1, 0.15) is 123 Å². The molecule has 0 saturated carbocycles. The Labute approximate surface area is 459 Å². The van der Waals surface area contributed by atoms with Gasteiger partial charge in [0, 0.05) is 81.8 Å². The maximum atomic E-state index is 14.4. The molecule has 30 nitrogen and oxygen atoms in total. The number of likely N-dealkylation sites (N-methyl/N-ethyl adjacent to an activating group) is 1. The molecule has 4 amide bonds. The van der Waals surface area contributed by atoms with E-state index in [4.69, 9.17) is 40.1 Å². The third kappa shape index (κ3) is 31.1. The van der Waals surface area contributed by atoms with Gasteiger partial charge in [-0.15, -0.1) is 0 Å². The lowest BCUT2D eigenvalue weighted by Gasteiger charge is -2.26. The van der Waals surface area contributed by atoms with E-state index in [1.807, 2.05) is 0 Å². The first kappa shape index (κ1) is 71.8. The molecule has 0 unspecified atom stereocenters. The van der Waals surface area contributed by atoms with Crippen molar-refractivity contribution in [3.63, 3.8) is 0 Å². The largest absolute Gasteiger partial charge is 0.481 e. The molecule has 0 aromatic carbocycles. The van der Waals surface area contributed by atoms with E-state index < -0.39 is 170 Å². The van der Waals surface area contributed by atoms with E-state index >= 15 is 0 Å². The average Bonchev–Trinajstić information content (AvgIpc) is 3.38. The van der Waals surface area contributed by atoms with Gasteiger partial charge in [-0.2, -0.15) is 0 Å². The summed E-state index contributed by atoms with van der Waals surface area (Å²) in [6.45, 7) is 1.58. The number of Topliss-reactive ketones (excluding diaryl/α,β-unsaturated/α-hetero) is 5. The number of aliphatic hydroxyl groups excluding tert-OH is 2. The van der Waals surface area contributed by atoms with Gasteiger partial charge in [-0.1, -0.05) is 20.3 Å². The lowest BCUT2D eigenvalue weighted by molar-refractivity contribution is -0.141. The first-order valence-electron chi connectivity index (χ1n) is 26.3. The van der Waals surface area contributed by atoms with Gasteiger partial charge in [-0.05, 0) is 71.4 Å².